The van der Waals surface area contributed by atoms with E-state index in [2.05, 4.69) is 12.1 Å². The Morgan fingerprint density at radius 2 is 1.62 bits per heavy atom. The minimum Gasteiger partial charge on any atom is -0.298 e. The van der Waals surface area contributed by atoms with Gasteiger partial charge in [0.05, 0.1) is 17.4 Å². The summed E-state index contributed by atoms with van der Waals surface area (Å²) in [5.41, 5.74) is 4.93. The molecule has 26 heavy (non-hydrogen) atoms. The zero-order valence-corrected chi connectivity index (χ0v) is 14.8. The molecule has 1 heterocycles. The lowest BCUT2D eigenvalue weighted by molar-refractivity contribution is 0.112. The number of nitrogens with zero attached hydrogens (tertiary/aromatic N) is 2. The van der Waals surface area contributed by atoms with Gasteiger partial charge in [-0.2, -0.15) is 5.10 Å². The van der Waals surface area contributed by atoms with Crippen molar-refractivity contribution < 1.29 is 4.79 Å². The van der Waals surface area contributed by atoms with Gasteiger partial charge >= 0.3 is 0 Å². The molecule has 3 aromatic rings. The van der Waals surface area contributed by atoms with Gasteiger partial charge in [0.15, 0.2) is 0 Å². The first-order chi connectivity index (χ1) is 12.7. The largest absolute Gasteiger partial charge is 0.298 e. The molecule has 0 amide bonds. The molecular formula is C22H17ClN2O. The van der Waals surface area contributed by atoms with E-state index < -0.39 is 0 Å². The van der Waals surface area contributed by atoms with Crippen LogP contribution in [0.4, 0.5) is 5.69 Å². The molecule has 0 saturated carbocycles. The number of rotatable bonds is 4. The van der Waals surface area contributed by atoms with Crippen LogP contribution in [0.15, 0.2) is 84.0 Å². The zero-order chi connectivity index (χ0) is 17.9. The van der Waals surface area contributed by atoms with Crippen LogP contribution in [-0.2, 0) is 0 Å². The topological polar surface area (TPSA) is 32.7 Å². The number of aldehydes is 1. The van der Waals surface area contributed by atoms with Crippen molar-refractivity contribution in [1.82, 2.24) is 0 Å². The van der Waals surface area contributed by atoms with E-state index in [1.54, 1.807) is 0 Å². The molecule has 0 bridgehead atoms. The lowest BCUT2D eigenvalue weighted by Crippen LogP contribution is -2.18. The Kier molecular flexibility index (Phi) is 4.55. The number of carbonyl (C=O) groups is 1. The van der Waals surface area contributed by atoms with Gasteiger partial charge in [-0.15, -0.1) is 0 Å². The van der Waals surface area contributed by atoms with Crippen LogP contribution in [-0.4, -0.2) is 12.0 Å². The van der Waals surface area contributed by atoms with Crippen LogP contribution in [0.1, 0.15) is 33.9 Å². The summed E-state index contributed by atoms with van der Waals surface area (Å²) in [6, 6.07) is 25.8. The smallest absolute Gasteiger partial charge is 0.150 e. The monoisotopic (exact) mass is 360 g/mol. The Morgan fingerprint density at radius 1 is 0.923 bits per heavy atom. The molecule has 0 fully saturated rings. The van der Waals surface area contributed by atoms with E-state index in [9.17, 15) is 4.79 Å². The highest BCUT2D eigenvalue weighted by Gasteiger charge is 2.29. The molecule has 3 nitrogen and oxygen atoms in total. The molecular weight excluding hydrogens is 344 g/mol. The van der Waals surface area contributed by atoms with E-state index in [-0.39, 0.29) is 6.04 Å². The summed E-state index contributed by atoms with van der Waals surface area (Å²) >= 11 is 6.02. The van der Waals surface area contributed by atoms with Crippen LogP contribution in [0.25, 0.3) is 0 Å². The fourth-order valence-corrected chi connectivity index (χ4v) is 3.33. The molecule has 1 aliphatic rings. The Morgan fingerprint density at radius 3 is 2.27 bits per heavy atom. The summed E-state index contributed by atoms with van der Waals surface area (Å²) < 4.78 is 0. The molecule has 4 heteroatoms. The molecule has 0 aromatic heterocycles. The average Bonchev–Trinajstić information content (AvgIpc) is 3.15. The van der Waals surface area contributed by atoms with Gasteiger partial charge in [0.1, 0.15) is 6.29 Å². The molecule has 1 aliphatic heterocycles. The first-order valence-electron chi connectivity index (χ1n) is 8.47. The molecule has 128 valence electrons. The average molecular weight is 361 g/mol. The third kappa shape index (κ3) is 3.26. The van der Waals surface area contributed by atoms with E-state index in [0.29, 0.717) is 10.6 Å². The van der Waals surface area contributed by atoms with Crippen molar-refractivity contribution >= 4 is 29.3 Å². The van der Waals surface area contributed by atoms with Gasteiger partial charge in [-0.1, -0.05) is 54.1 Å². The quantitative estimate of drug-likeness (QED) is 0.575. The molecule has 0 spiro atoms. The summed E-state index contributed by atoms with van der Waals surface area (Å²) in [4.78, 5) is 10.9. The number of anilines is 1. The van der Waals surface area contributed by atoms with Gasteiger partial charge in [-0.25, -0.2) is 0 Å². The fourth-order valence-electron chi connectivity index (χ4n) is 3.21. The maximum atomic E-state index is 10.9. The highest BCUT2D eigenvalue weighted by Crippen LogP contribution is 2.36. The van der Waals surface area contributed by atoms with Crippen LogP contribution < -0.4 is 5.01 Å². The Hall–Kier alpha value is -2.91. The minimum atomic E-state index is 0.115. The van der Waals surface area contributed by atoms with Crippen molar-refractivity contribution in [2.45, 2.75) is 12.5 Å². The van der Waals surface area contributed by atoms with Crippen LogP contribution in [0.5, 0.6) is 0 Å². The third-order valence-corrected chi connectivity index (χ3v) is 4.82. The lowest BCUT2D eigenvalue weighted by Gasteiger charge is -2.24. The lowest BCUT2D eigenvalue weighted by atomic mass is 9.98. The number of halogens is 1. The molecule has 0 unspecified atom stereocenters. The van der Waals surface area contributed by atoms with Crippen molar-refractivity contribution in [2.24, 2.45) is 5.10 Å². The van der Waals surface area contributed by atoms with E-state index in [0.717, 1.165) is 29.7 Å². The minimum absolute atomic E-state index is 0.115. The van der Waals surface area contributed by atoms with Crippen molar-refractivity contribution in [3.63, 3.8) is 0 Å². The second kappa shape index (κ2) is 7.14. The highest BCUT2D eigenvalue weighted by atomic mass is 35.5. The summed E-state index contributed by atoms with van der Waals surface area (Å²) in [5.74, 6) is 0. The van der Waals surface area contributed by atoms with E-state index in [4.69, 9.17) is 16.7 Å². The maximum Gasteiger partial charge on any atom is 0.150 e. The predicted octanol–water partition coefficient (Wildman–Crippen LogP) is 5.51. The van der Waals surface area contributed by atoms with Crippen LogP contribution in [0.2, 0.25) is 5.02 Å². The number of hydrazone groups is 1. The van der Waals surface area contributed by atoms with E-state index in [1.807, 2.05) is 71.7 Å². The Labute approximate surface area is 157 Å². The second-order valence-corrected chi connectivity index (χ2v) is 6.67. The van der Waals surface area contributed by atoms with Crippen molar-refractivity contribution in [2.75, 3.05) is 5.01 Å². The number of hydrogen-bond acceptors (Lipinski definition) is 3. The normalized spacial score (nSPS) is 16.4. The zero-order valence-electron chi connectivity index (χ0n) is 14.0. The number of hydrogen-bond donors (Lipinski definition) is 0. The van der Waals surface area contributed by atoms with Gasteiger partial charge in [0.25, 0.3) is 0 Å². The molecule has 4 rings (SSSR count). The molecule has 0 N–H and O–H groups in total. The van der Waals surface area contributed by atoms with Crippen molar-refractivity contribution in [3.05, 3.63) is 101 Å². The summed E-state index contributed by atoms with van der Waals surface area (Å²) in [6.45, 7) is 0. The summed E-state index contributed by atoms with van der Waals surface area (Å²) in [5, 5.41) is 7.64. The van der Waals surface area contributed by atoms with E-state index >= 15 is 0 Å². The van der Waals surface area contributed by atoms with Gasteiger partial charge in [-0.3, -0.25) is 9.80 Å². The van der Waals surface area contributed by atoms with Crippen molar-refractivity contribution in [3.8, 4) is 0 Å². The second-order valence-electron chi connectivity index (χ2n) is 6.24. The van der Waals surface area contributed by atoms with Crippen LogP contribution in [0.3, 0.4) is 0 Å². The number of carbonyl (C=O) groups excluding carboxylic acids is 1. The van der Waals surface area contributed by atoms with Gasteiger partial charge < -0.3 is 0 Å². The van der Waals surface area contributed by atoms with Gasteiger partial charge in [0, 0.05) is 17.0 Å². The van der Waals surface area contributed by atoms with E-state index in [1.165, 1.54) is 5.56 Å². The first kappa shape index (κ1) is 16.6. The Bertz CT molecular complexity index is 934. The van der Waals surface area contributed by atoms with Crippen LogP contribution >= 0.6 is 11.6 Å². The number of benzene rings is 3. The molecule has 1 atom stereocenters. The summed E-state index contributed by atoms with van der Waals surface area (Å²) in [7, 11) is 0. The summed E-state index contributed by atoms with van der Waals surface area (Å²) in [6.07, 6.45) is 1.66. The molecule has 0 radical (unpaired) electrons. The molecule has 0 saturated heterocycles. The Balaban J connectivity index is 1.73. The maximum absolute atomic E-state index is 10.9. The molecule has 3 aromatic carbocycles. The SMILES string of the molecule is O=Cc1ccc(N2N=C(c3ccc(Cl)cc3)C[C@@H]2c2ccccc2)cc1. The van der Waals surface area contributed by atoms with Crippen LogP contribution in [0, 0.1) is 0 Å². The predicted molar refractivity (Wildman–Crippen MR) is 106 cm³/mol. The van der Waals surface area contributed by atoms with Gasteiger partial charge in [-0.05, 0) is 47.5 Å². The highest BCUT2D eigenvalue weighted by molar-refractivity contribution is 6.30. The molecule has 0 aliphatic carbocycles. The van der Waals surface area contributed by atoms with Gasteiger partial charge in [0.2, 0.25) is 0 Å². The third-order valence-electron chi connectivity index (χ3n) is 4.57. The first-order valence-corrected chi connectivity index (χ1v) is 8.85. The van der Waals surface area contributed by atoms with Crippen molar-refractivity contribution in [1.29, 1.82) is 0 Å². The fraction of sp³-hybridized carbons (Fsp3) is 0.0909. The standard InChI is InChI=1S/C22H17ClN2O/c23-19-10-8-17(9-11-19)21-14-22(18-4-2-1-3-5-18)25(24-21)20-12-6-16(15-26)7-13-20/h1-13,15,22H,14H2/t22-/m1/s1.